The van der Waals surface area contributed by atoms with Crippen molar-refractivity contribution in [1.29, 1.82) is 0 Å². The molecule has 0 unspecified atom stereocenters. The monoisotopic (exact) mass is 334 g/mol. The number of aromatic amines is 1. The van der Waals surface area contributed by atoms with Crippen molar-refractivity contribution in [1.82, 2.24) is 14.8 Å². The van der Waals surface area contributed by atoms with E-state index in [1.54, 1.807) is 24.0 Å². The number of nitrogens with one attached hydrogen (secondary N) is 2. The minimum atomic E-state index is -0.00351. The van der Waals surface area contributed by atoms with Crippen molar-refractivity contribution in [2.24, 2.45) is 7.05 Å². The first-order chi connectivity index (χ1) is 12.1. The number of benzene rings is 1. The lowest BCUT2D eigenvalue weighted by Crippen LogP contribution is -2.15. The first-order valence-corrected chi connectivity index (χ1v) is 8.04. The molecular weight excluding hydrogens is 316 g/mol. The van der Waals surface area contributed by atoms with Gasteiger partial charge in [-0.25, -0.2) is 0 Å². The van der Waals surface area contributed by atoms with Gasteiger partial charge in [-0.3, -0.25) is 9.89 Å². The van der Waals surface area contributed by atoms with Crippen LogP contribution in [-0.2, 0) is 13.6 Å². The van der Waals surface area contributed by atoms with Crippen LogP contribution in [-0.4, -0.2) is 14.8 Å². The summed E-state index contributed by atoms with van der Waals surface area (Å²) in [6, 6.07) is 11.6. The maximum absolute atomic E-state index is 12.3. The van der Waals surface area contributed by atoms with Crippen LogP contribution < -0.4 is 10.9 Å². The Balaban J connectivity index is 1.60. The fraction of sp³-hybridized carbons (Fsp3) is 0.158. The van der Waals surface area contributed by atoms with Crippen LogP contribution in [0.15, 0.2) is 58.0 Å². The van der Waals surface area contributed by atoms with Crippen LogP contribution in [0.4, 0.5) is 5.69 Å². The van der Waals surface area contributed by atoms with Crippen molar-refractivity contribution in [3.8, 4) is 11.5 Å². The van der Waals surface area contributed by atoms with Crippen molar-refractivity contribution in [2.75, 3.05) is 5.32 Å². The van der Waals surface area contributed by atoms with Crippen molar-refractivity contribution < 1.29 is 4.42 Å². The van der Waals surface area contributed by atoms with Gasteiger partial charge in [0.05, 0.1) is 6.20 Å². The van der Waals surface area contributed by atoms with E-state index in [9.17, 15) is 4.79 Å². The Hall–Kier alpha value is -3.28. The van der Waals surface area contributed by atoms with Crippen LogP contribution in [0.1, 0.15) is 11.3 Å². The quantitative estimate of drug-likeness (QED) is 0.599. The van der Waals surface area contributed by atoms with Gasteiger partial charge in [0, 0.05) is 36.4 Å². The van der Waals surface area contributed by atoms with Crippen LogP contribution >= 0.6 is 0 Å². The highest BCUT2D eigenvalue weighted by molar-refractivity contribution is 5.84. The second-order valence-corrected chi connectivity index (χ2v) is 6.07. The van der Waals surface area contributed by atoms with Gasteiger partial charge < -0.3 is 14.3 Å². The summed E-state index contributed by atoms with van der Waals surface area (Å²) in [6.45, 7) is 2.48. The summed E-state index contributed by atoms with van der Waals surface area (Å²) in [6.07, 6.45) is 3.56. The molecule has 0 amide bonds. The lowest BCUT2D eigenvalue weighted by atomic mass is 10.1. The van der Waals surface area contributed by atoms with E-state index in [-0.39, 0.29) is 5.56 Å². The van der Waals surface area contributed by atoms with Crippen LogP contribution in [0.3, 0.4) is 0 Å². The lowest BCUT2D eigenvalue weighted by Gasteiger charge is -2.08. The normalized spacial score (nSPS) is 11.1. The molecule has 1 aromatic carbocycles. The molecule has 0 saturated heterocycles. The van der Waals surface area contributed by atoms with Gasteiger partial charge in [0.15, 0.2) is 5.76 Å². The molecule has 0 fully saturated rings. The van der Waals surface area contributed by atoms with Gasteiger partial charge >= 0.3 is 0 Å². The van der Waals surface area contributed by atoms with Crippen molar-refractivity contribution >= 4 is 16.5 Å². The Morgan fingerprint density at radius 3 is 2.92 bits per heavy atom. The van der Waals surface area contributed by atoms with Gasteiger partial charge in [-0.05, 0) is 42.6 Å². The predicted molar refractivity (Wildman–Crippen MR) is 97.5 cm³/mol. The molecule has 0 aliphatic heterocycles. The van der Waals surface area contributed by atoms with E-state index in [1.165, 1.54) is 0 Å². The fourth-order valence-corrected chi connectivity index (χ4v) is 2.87. The molecule has 4 aromatic rings. The number of anilines is 1. The number of aromatic nitrogens is 3. The highest BCUT2D eigenvalue weighted by atomic mass is 16.3. The van der Waals surface area contributed by atoms with Crippen LogP contribution in [0.2, 0.25) is 0 Å². The zero-order chi connectivity index (χ0) is 17.4. The molecule has 6 heteroatoms. The number of furan rings is 1. The Morgan fingerprint density at radius 2 is 2.12 bits per heavy atom. The summed E-state index contributed by atoms with van der Waals surface area (Å²) >= 11 is 0. The molecule has 0 bridgehead atoms. The van der Waals surface area contributed by atoms with E-state index in [4.69, 9.17) is 4.42 Å². The minimum Gasteiger partial charge on any atom is -0.460 e. The smallest absolute Gasteiger partial charge is 0.258 e. The van der Waals surface area contributed by atoms with E-state index in [0.29, 0.717) is 11.9 Å². The largest absolute Gasteiger partial charge is 0.460 e. The van der Waals surface area contributed by atoms with Gasteiger partial charge in [0.25, 0.3) is 5.56 Å². The first-order valence-electron chi connectivity index (χ1n) is 8.04. The first kappa shape index (κ1) is 15.3. The number of aryl methyl sites for hydroxylation is 2. The number of rotatable bonds is 4. The zero-order valence-electron chi connectivity index (χ0n) is 14.0. The third-order valence-electron chi connectivity index (χ3n) is 4.27. The van der Waals surface area contributed by atoms with Crippen molar-refractivity contribution in [3.05, 3.63) is 70.5 Å². The summed E-state index contributed by atoms with van der Waals surface area (Å²) in [4.78, 5) is 12.3. The number of pyridine rings is 1. The predicted octanol–water partition coefficient (Wildman–Crippen LogP) is 3.44. The summed E-state index contributed by atoms with van der Waals surface area (Å²) < 4.78 is 7.25. The molecule has 0 aliphatic carbocycles. The molecule has 126 valence electrons. The Labute approximate surface area is 144 Å². The highest BCUT2D eigenvalue weighted by Crippen LogP contribution is 2.24. The number of fused-ring (bicyclic) bond motifs is 1. The van der Waals surface area contributed by atoms with E-state index in [1.807, 2.05) is 43.3 Å². The van der Waals surface area contributed by atoms with Crippen LogP contribution in [0.5, 0.6) is 0 Å². The van der Waals surface area contributed by atoms with Gasteiger partial charge in [-0.2, -0.15) is 5.10 Å². The molecule has 3 aromatic heterocycles. The number of hydrogen-bond donors (Lipinski definition) is 2. The SMILES string of the molecule is Cc1ccc(-c2[nH]ncc2CNc2ccc3ccn(C)c(=O)c3c2)o1. The molecule has 3 heterocycles. The number of nitrogens with zero attached hydrogens (tertiary/aromatic N) is 2. The molecule has 0 saturated carbocycles. The zero-order valence-corrected chi connectivity index (χ0v) is 14.0. The van der Waals surface area contributed by atoms with E-state index in [2.05, 4.69) is 15.5 Å². The highest BCUT2D eigenvalue weighted by Gasteiger charge is 2.11. The maximum atomic E-state index is 12.3. The molecule has 0 atom stereocenters. The Bertz CT molecular complexity index is 1100. The van der Waals surface area contributed by atoms with Gasteiger partial charge in [-0.15, -0.1) is 0 Å². The topological polar surface area (TPSA) is 75.8 Å². The third kappa shape index (κ3) is 2.82. The average Bonchev–Trinajstić information content (AvgIpc) is 3.25. The third-order valence-corrected chi connectivity index (χ3v) is 4.27. The van der Waals surface area contributed by atoms with Gasteiger partial charge in [0.2, 0.25) is 0 Å². The van der Waals surface area contributed by atoms with Crippen LogP contribution in [0, 0.1) is 6.92 Å². The molecule has 6 nitrogen and oxygen atoms in total. The molecule has 0 spiro atoms. The summed E-state index contributed by atoms with van der Waals surface area (Å²) in [7, 11) is 1.75. The molecular formula is C19H18N4O2. The number of H-pyrrole nitrogens is 1. The lowest BCUT2D eigenvalue weighted by molar-refractivity contribution is 0.545. The summed E-state index contributed by atoms with van der Waals surface area (Å²) in [5.41, 5.74) is 2.74. The molecule has 4 rings (SSSR count). The van der Waals surface area contributed by atoms with Gasteiger partial charge in [0.1, 0.15) is 11.5 Å². The Kier molecular flexibility index (Phi) is 3.65. The van der Waals surface area contributed by atoms with Crippen molar-refractivity contribution in [2.45, 2.75) is 13.5 Å². The van der Waals surface area contributed by atoms with Crippen molar-refractivity contribution in [3.63, 3.8) is 0 Å². The van der Waals surface area contributed by atoms with E-state index >= 15 is 0 Å². The van der Waals surface area contributed by atoms with E-state index < -0.39 is 0 Å². The molecule has 25 heavy (non-hydrogen) atoms. The molecule has 2 N–H and O–H groups in total. The Morgan fingerprint density at radius 1 is 1.24 bits per heavy atom. The number of hydrogen-bond acceptors (Lipinski definition) is 4. The van der Waals surface area contributed by atoms with Crippen LogP contribution in [0.25, 0.3) is 22.2 Å². The molecule has 0 radical (unpaired) electrons. The summed E-state index contributed by atoms with van der Waals surface area (Å²) in [5.74, 6) is 1.62. The fourth-order valence-electron chi connectivity index (χ4n) is 2.87. The molecule has 0 aliphatic rings. The maximum Gasteiger partial charge on any atom is 0.258 e. The average molecular weight is 334 g/mol. The van der Waals surface area contributed by atoms with Gasteiger partial charge in [-0.1, -0.05) is 6.07 Å². The standard InChI is InChI=1S/C19H18N4O2/c1-12-3-6-17(25-12)18-14(11-21-22-18)10-20-15-5-4-13-7-8-23(2)19(24)16(13)9-15/h3-9,11,20H,10H2,1-2H3,(H,21,22). The minimum absolute atomic E-state index is 0.00351. The van der Waals surface area contributed by atoms with E-state index in [0.717, 1.165) is 33.9 Å². The second-order valence-electron chi connectivity index (χ2n) is 6.07. The second kappa shape index (κ2) is 5.98. The summed E-state index contributed by atoms with van der Waals surface area (Å²) in [5, 5.41) is 12.1.